The van der Waals surface area contributed by atoms with E-state index in [1.54, 1.807) is 19.1 Å². The monoisotopic (exact) mass is 578 g/mol. The van der Waals surface area contributed by atoms with Gasteiger partial charge in [0.05, 0.1) is 23.1 Å². The fourth-order valence-electron chi connectivity index (χ4n) is 4.88. The molecule has 2 aromatic carbocycles. The summed E-state index contributed by atoms with van der Waals surface area (Å²) in [6.45, 7) is 5.74. The molecule has 12 heteroatoms. The second-order valence-electron chi connectivity index (χ2n) is 9.25. The minimum Gasteiger partial charge on any atom is -0.463 e. The van der Waals surface area contributed by atoms with Crippen molar-refractivity contribution in [2.75, 3.05) is 45.9 Å². The molecular formula is C27H32ClFN4O5S. The lowest BCUT2D eigenvalue weighted by Crippen LogP contribution is -2.51. The molecule has 1 N–H and O–H groups in total. The van der Waals surface area contributed by atoms with Crippen LogP contribution in [0.1, 0.15) is 31.9 Å². The van der Waals surface area contributed by atoms with Gasteiger partial charge in [-0.3, -0.25) is 9.80 Å². The maximum absolute atomic E-state index is 13.6. The van der Waals surface area contributed by atoms with Crippen LogP contribution in [0.4, 0.5) is 9.18 Å². The fraction of sp³-hybridized carbons (Fsp3) is 0.407. The molecule has 0 radical (unpaired) electrons. The van der Waals surface area contributed by atoms with Gasteiger partial charge in [-0.15, -0.1) is 0 Å². The molecule has 2 amide bonds. The number of likely N-dealkylation sites (N-methyl/N-ethyl adjacent to an activating group) is 1. The summed E-state index contributed by atoms with van der Waals surface area (Å²) in [6.07, 6.45) is 0.564. The minimum absolute atomic E-state index is 0.146. The lowest BCUT2D eigenvalue weighted by Gasteiger charge is -2.38. The van der Waals surface area contributed by atoms with Crippen molar-refractivity contribution in [1.29, 1.82) is 0 Å². The zero-order valence-corrected chi connectivity index (χ0v) is 23.5. The van der Waals surface area contributed by atoms with Crippen LogP contribution in [0.5, 0.6) is 0 Å². The molecule has 1 saturated heterocycles. The normalized spacial score (nSPS) is 19.5. The smallest absolute Gasteiger partial charge is 0.338 e. The van der Waals surface area contributed by atoms with Crippen LogP contribution in [-0.2, 0) is 19.6 Å². The van der Waals surface area contributed by atoms with Crippen molar-refractivity contribution in [1.82, 2.24) is 19.4 Å². The molecule has 2 heterocycles. The van der Waals surface area contributed by atoms with Crippen LogP contribution >= 0.6 is 11.6 Å². The summed E-state index contributed by atoms with van der Waals surface area (Å²) in [5.41, 5.74) is 1.32. The number of sulfonamides is 1. The van der Waals surface area contributed by atoms with E-state index in [1.165, 1.54) is 45.6 Å². The van der Waals surface area contributed by atoms with Gasteiger partial charge in [-0.2, -0.15) is 4.31 Å². The summed E-state index contributed by atoms with van der Waals surface area (Å²) in [4.78, 5) is 30.1. The standard InChI is InChI=1S/C27H32ClFN4O5S/c1-3-33-23(24(26(34)38-4-2)25(30-27(33)35)19-6-10-21(29)11-7-19)18-31-14-5-15-32(17-16-31)39(36,37)22-12-8-20(28)9-13-22/h6-13,25H,3-5,14-18H2,1-2H3,(H,30,35)/t25-/m0/s1. The van der Waals surface area contributed by atoms with Gasteiger partial charge in [-0.05, 0) is 68.8 Å². The Hall–Kier alpha value is -2.99. The highest BCUT2D eigenvalue weighted by atomic mass is 35.5. The van der Waals surface area contributed by atoms with E-state index in [1.807, 2.05) is 11.8 Å². The van der Waals surface area contributed by atoms with E-state index in [4.69, 9.17) is 16.3 Å². The number of carbonyl (C=O) groups is 2. The summed E-state index contributed by atoms with van der Waals surface area (Å²) in [5.74, 6) is -0.998. The van der Waals surface area contributed by atoms with E-state index in [9.17, 15) is 22.4 Å². The Labute approximate surface area is 233 Å². The molecule has 2 aliphatic heterocycles. The summed E-state index contributed by atoms with van der Waals surface area (Å²) in [6, 6.07) is 10.5. The largest absolute Gasteiger partial charge is 0.463 e. The maximum Gasteiger partial charge on any atom is 0.338 e. The Morgan fingerprint density at radius 1 is 1.05 bits per heavy atom. The molecule has 0 saturated carbocycles. The zero-order valence-electron chi connectivity index (χ0n) is 21.9. The zero-order chi connectivity index (χ0) is 28.2. The van der Waals surface area contributed by atoms with Crippen molar-refractivity contribution in [2.24, 2.45) is 0 Å². The lowest BCUT2D eigenvalue weighted by atomic mass is 9.94. The Morgan fingerprint density at radius 2 is 1.74 bits per heavy atom. The predicted octanol–water partition coefficient (Wildman–Crippen LogP) is 3.78. The van der Waals surface area contributed by atoms with Gasteiger partial charge in [0.15, 0.2) is 0 Å². The molecule has 9 nitrogen and oxygen atoms in total. The summed E-state index contributed by atoms with van der Waals surface area (Å²) in [5, 5.41) is 3.32. The van der Waals surface area contributed by atoms with Crippen molar-refractivity contribution in [3.63, 3.8) is 0 Å². The van der Waals surface area contributed by atoms with Gasteiger partial charge in [0.1, 0.15) is 5.82 Å². The first-order valence-electron chi connectivity index (χ1n) is 12.9. The molecular weight excluding hydrogens is 547 g/mol. The van der Waals surface area contributed by atoms with Gasteiger partial charge in [-0.1, -0.05) is 23.7 Å². The number of carbonyl (C=O) groups excluding carboxylic acids is 2. The number of urea groups is 1. The molecule has 0 spiro atoms. The first-order chi connectivity index (χ1) is 18.6. The van der Waals surface area contributed by atoms with Crippen LogP contribution in [0.25, 0.3) is 0 Å². The number of esters is 1. The van der Waals surface area contributed by atoms with Crippen LogP contribution in [0.3, 0.4) is 0 Å². The van der Waals surface area contributed by atoms with Crippen LogP contribution < -0.4 is 5.32 Å². The van der Waals surface area contributed by atoms with Gasteiger partial charge < -0.3 is 10.1 Å². The van der Waals surface area contributed by atoms with Gasteiger partial charge in [0.25, 0.3) is 0 Å². The molecule has 0 aliphatic carbocycles. The Kier molecular flexibility index (Phi) is 9.27. The maximum atomic E-state index is 13.6. The first kappa shape index (κ1) is 29.0. The summed E-state index contributed by atoms with van der Waals surface area (Å²) >= 11 is 5.93. The highest BCUT2D eigenvalue weighted by Gasteiger charge is 2.38. The van der Waals surface area contributed by atoms with Crippen LogP contribution in [0.2, 0.25) is 5.02 Å². The number of halogens is 2. The van der Waals surface area contributed by atoms with E-state index in [-0.39, 0.29) is 36.2 Å². The first-order valence-corrected chi connectivity index (χ1v) is 14.7. The molecule has 2 aromatic rings. The van der Waals surface area contributed by atoms with Crippen molar-refractivity contribution >= 4 is 33.6 Å². The van der Waals surface area contributed by atoms with Crippen LogP contribution in [0, 0.1) is 5.82 Å². The van der Waals surface area contributed by atoms with Crippen LogP contribution in [-0.4, -0.2) is 80.4 Å². The summed E-state index contributed by atoms with van der Waals surface area (Å²) in [7, 11) is -3.71. The van der Waals surface area contributed by atoms with E-state index in [0.29, 0.717) is 48.9 Å². The average Bonchev–Trinajstić information content (AvgIpc) is 3.15. The molecule has 4 rings (SSSR count). The third-order valence-corrected chi connectivity index (χ3v) is 8.99. The average molecular weight is 579 g/mol. The SMILES string of the molecule is CCOC(=O)C1=C(CN2CCCN(S(=O)(=O)c3ccc(Cl)cc3)CC2)N(CC)C(=O)N[C@H]1c1ccc(F)cc1. The Morgan fingerprint density at radius 3 is 2.38 bits per heavy atom. The number of nitrogens with one attached hydrogen (secondary N) is 1. The van der Waals surface area contributed by atoms with E-state index >= 15 is 0 Å². The second kappa shape index (κ2) is 12.5. The van der Waals surface area contributed by atoms with Crippen molar-refractivity contribution in [3.05, 3.63) is 76.2 Å². The number of rotatable bonds is 8. The van der Waals surface area contributed by atoms with Crippen molar-refractivity contribution in [3.8, 4) is 0 Å². The van der Waals surface area contributed by atoms with E-state index in [2.05, 4.69) is 5.32 Å². The van der Waals surface area contributed by atoms with Crippen LogP contribution in [0.15, 0.2) is 64.7 Å². The van der Waals surface area contributed by atoms with E-state index < -0.39 is 27.9 Å². The van der Waals surface area contributed by atoms with E-state index in [0.717, 1.165) is 0 Å². The molecule has 1 fully saturated rings. The number of benzene rings is 2. The number of nitrogens with zero attached hydrogens (tertiary/aromatic N) is 3. The van der Waals surface area contributed by atoms with Gasteiger partial charge >= 0.3 is 12.0 Å². The molecule has 0 bridgehead atoms. The summed E-state index contributed by atoms with van der Waals surface area (Å²) < 4.78 is 46.9. The van der Waals surface area contributed by atoms with Gasteiger partial charge in [-0.25, -0.2) is 22.4 Å². The third kappa shape index (κ3) is 6.43. The third-order valence-electron chi connectivity index (χ3n) is 6.83. The minimum atomic E-state index is -3.71. The number of ether oxygens (including phenoxy) is 1. The number of amides is 2. The van der Waals surface area contributed by atoms with Crippen molar-refractivity contribution < 1.29 is 27.1 Å². The fourth-order valence-corrected chi connectivity index (χ4v) is 6.47. The molecule has 1 atom stereocenters. The molecule has 0 aromatic heterocycles. The molecule has 2 aliphatic rings. The van der Waals surface area contributed by atoms with Gasteiger partial charge in [0.2, 0.25) is 10.0 Å². The molecule has 0 unspecified atom stereocenters. The number of hydrogen-bond acceptors (Lipinski definition) is 6. The Bertz CT molecular complexity index is 1330. The second-order valence-corrected chi connectivity index (χ2v) is 11.6. The van der Waals surface area contributed by atoms with Crippen molar-refractivity contribution in [2.45, 2.75) is 31.2 Å². The lowest BCUT2D eigenvalue weighted by molar-refractivity contribution is -0.139. The quantitative estimate of drug-likeness (QED) is 0.479. The predicted molar refractivity (Wildman–Crippen MR) is 145 cm³/mol. The topological polar surface area (TPSA) is 99.3 Å². The van der Waals surface area contributed by atoms with Gasteiger partial charge in [0, 0.05) is 43.4 Å². The Balaban J connectivity index is 1.63. The molecule has 39 heavy (non-hydrogen) atoms. The number of hydrogen-bond donors (Lipinski definition) is 1. The molecule has 210 valence electrons. The highest BCUT2D eigenvalue weighted by Crippen LogP contribution is 2.32. The highest BCUT2D eigenvalue weighted by molar-refractivity contribution is 7.89.